The lowest BCUT2D eigenvalue weighted by molar-refractivity contribution is 0.0526. The van der Waals surface area contributed by atoms with Crippen LogP contribution in [0.1, 0.15) is 17.3 Å². The van der Waals surface area contributed by atoms with Crippen LogP contribution in [0.25, 0.3) is 5.52 Å². The van der Waals surface area contributed by atoms with Gasteiger partial charge in [0.25, 0.3) is 0 Å². The van der Waals surface area contributed by atoms with Gasteiger partial charge >= 0.3 is 5.97 Å². The number of ether oxygens (including phenoxy) is 1. The number of aromatic nitrogens is 3. The highest BCUT2D eigenvalue weighted by molar-refractivity contribution is 5.91. The van der Waals surface area contributed by atoms with Crippen LogP contribution in [-0.2, 0) is 4.74 Å². The maximum atomic E-state index is 11.4. The smallest absolute Gasteiger partial charge is 0.339 e. The molecule has 7 heteroatoms. The van der Waals surface area contributed by atoms with Crippen molar-refractivity contribution in [3.05, 3.63) is 17.8 Å². The van der Waals surface area contributed by atoms with Gasteiger partial charge in [0.15, 0.2) is 0 Å². The van der Waals surface area contributed by atoms with Gasteiger partial charge in [0.1, 0.15) is 5.52 Å². The standard InChI is InChI=1S/C9H10N4O3/c1-2-16-8(15)5-3-6-7(14)11-9(10)12-13(6)4-5/h3-4H,2H2,1H3,(H3,10,11,12,14). The van der Waals surface area contributed by atoms with Crippen LogP contribution in [0.5, 0.6) is 5.88 Å². The van der Waals surface area contributed by atoms with Crippen LogP contribution in [0.4, 0.5) is 5.95 Å². The maximum absolute atomic E-state index is 11.4. The zero-order valence-electron chi connectivity index (χ0n) is 8.54. The Morgan fingerprint density at radius 3 is 3.12 bits per heavy atom. The van der Waals surface area contributed by atoms with Crippen LogP contribution in [0.15, 0.2) is 12.3 Å². The van der Waals surface area contributed by atoms with Crippen molar-refractivity contribution in [1.29, 1.82) is 0 Å². The van der Waals surface area contributed by atoms with Crippen LogP contribution in [-0.4, -0.2) is 32.3 Å². The molecule has 2 rings (SSSR count). The van der Waals surface area contributed by atoms with Gasteiger partial charge in [-0.2, -0.15) is 4.98 Å². The molecule has 0 atom stereocenters. The highest BCUT2D eigenvalue weighted by Gasteiger charge is 2.13. The molecule has 0 aliphatic rings. The van der Waals surface area contributed by atoms with E-state index in [1.165, 1.54) is 16.8 Å². The van der Waals surface area contributed by atoms with E-state index in [2.05, 4.69) is 10.1 Å². The van der Waals surface area contributed by atoms with E-state index >= 15 is 0 Å². The van der Waals surface area contributed by atoms with E-state index in [9.17, 15) is 9.90 Å². The molecule has 2 heterocycles. The minimum absolute atomic E-state index is 0.0731. The van der Waals surface area contributed by atoms with Crippen molar-refractivity contribution in [2.45, 2.75) is 6.92 Å². The van der Waals surface area contributed by atoms with Gasteiger partial charge in [-0.3, -0.25) is 0 Å². The normalized spacial score (nSPS) is 10.6. The summed E-state index contributed by atoms with van der Waals surface area (Å²) in [5.74, 6) is -0.829. The van der Waals surface area contributed by atoms with E-state index in [0.717, 1.165) is 0 Å². The van der Waals surface area contributed by atoms with Crippen molar-refractivity contribution in [1.82, 2.24) is 14.6 Å². The minimum Gasteiger partial charge on any atom is -0.492 e. The number of fused-ring (bicyclic) bond motifs is 1. The molecule has 0 radical (unpaired) electrons. The average molecular weight is 222 g/mol. The molecule has 2 aromatic heterocycles. The van der Waals surface area contributed by atoms with Crippen molar-refractivity contribution < 1.29 is 14.6 Å². The SMILES string of the molecule is CCOC(=O)c1cc2c(O)nc(N)nn2c1. The summed E-state index contributed by atoms with van der Waals surface area (Å²) in [5.41, 5.74) is 5.94. The number of esters is 1. The lowest BCUT2D eigenvalue weighted by atomic mass is 10.3. The zero-order chi connectivity index (χ0) is 11.7. The third kappa shape index (κ3) is 1.62. The monoisotopic (exact) mass is 222 g/mol. The molecule has 2 aromatic rings. The fourth-order valence-electron chi connectivity index (χ4n) is 1.33. The fourth-order valence-corrected chi connectivity index (χ4v) is 1.33. The second kappa shape index (κ2) is 3.69. The Morgan fingerprint density at radius 1 is 1.69 bits per heavy atom. The average Bonchev–Trinajstić information content (AvgIpc) is 2.62. The van der Waals surface area contributed by atoms with Gasteiger partial charge in [0.05, 0.1) is 12.2 Å². The van der Waals surface area contributed by atoms with Crippen LogP contribution in [0.3, 0.4) is 0 Å². The van der Waals surface area contributed by atoms with Crippen LogP contribution in [0, 0.1) is 0 Å². The Morgan fingerprint density at radius 2 is 2.44 bits per heavy atom. The van der Waals surface area contributed by atoms with Gasteiger partial charge in [-0.15, -0.1) is 5.10 Å². The number of nitrogen functional groups attached to an aromatic ring is 1. The molecule has 0 saturated carbocycles. The molecule has 84 valence electrons. The third-order valence-electron chi connectivity index (χ3n) is 1.97. The summed E-state index contributed by atoms with van der Waals surface area (Å²) in [6.07, 6.45) is 1.42. The number of nitrogens with zero attached hydrogens (tertiary/aromatic N) is 3. The van der Waals surface area contributed by atoms with Gasteiger partial charge in [0.2, 0.25) is 11.8 Å². The molecule has 0 saturated heterocycles. The lowest BCUT2D eigenvalue weighted by Crippen LogP contribution is -2.03. The van der Waals surface area contributed by atoms with Gasteiger partial charge in [-0.25, -0.2) is 9.31 Å². The van der Waals surface area contributed by atoms with E-state index in [1.54, 1.807) is 6.92 Å². The Hall–Kier alpha value is -2.31. The number of nitrogens with two attached hydrogens (primary N) is 1. The van der Waals surface area contributed by atoms with Crippen molar-refractivity contribution >= 4 is 17.4 Å². The molecule has 7 nitrogen and oxygen atoms in total. The Kier molecular flexibility index (Phi) is 2.35. The summed E-state index contributed by atoms with van der Waals surface area (Å²) in [4.78, 5) is 15.0. The predicted molar refractivity (Wildman–Crippen MR) is 55.0 cm³/mol. The predicted octanol–water partition coefficient (Wildman–Crippen LogP) is 0.194. The summed E-state index contributed by atoms with van der Waals surface area (Å²) in [6, 6.07) is 1.44. The highest BCUT2D eigenvalue weighted by Crippen LogP contribution is 2.18. The molecule has 0 fully saturated rings. The molecular weight excluding hydrogens is 212 g/mol. The molecule has 0 aliphatic heterocycles. The number of rotatable bonds is 2. The fraction of sp³-hybridized carbons (Fsp3) is 0.222. The topological polar surface area (TPSA) is 103 Å². The van der Waals surface area contributed by atoms with Crippen LogP contribution in [0.2, 0.25) is 0 Å². The molecule has 0 amide bonds. The molecule has 0 aliphatic carbocycles. The summed E-state index contributed by atoms with van der Waals surface area (Å²) in [7, 11) is 0. The summed E-state index contributed by atoms with van der Waals surface area (Å²) < 4.78 is 6.10. The Bertz CT molecular complexity index is 549. The first-order chi connectivity index (χ1) is 7.61. The Labute approximate surface area is 90.5 Å². The summed E-state index contributed by atoms with van der Waals surface area (Å²) in [5, 5.41) is 13.3. The number of carbonyl (C=O) groups is 1. The van der Waals surface area contributed by atoms with E-state index < -0.39 is 5.97 Å². The lowest BCUT2D eigenvalue weighted by Gasteiger charge is -1.96. The highest BCUT2D eigenvalue weighted by atomic mass is 16.5. The van der Waals surface area contributed by atoms with Crippen LogP contribution >= 0.6 is 0 Å². The van der Waals surface area contributed by atoms with Gasteiger partial charge in [-0.05, 0) is 13.0 Å². The minimum atomic E-state index is -0.481. The number of aromatic hydroxyl groups is 1. The van der Waals surface area contributed by atoms with Crippen molar-refractivity contribution in [3.8, 4) is 5.88 Å². The van der Waals surface area contributed by atoms with Crippen LogP contribution < -0.4 is 5.73 Å². The second-order valence-electron chi connectivity index (χ2n) is 3.07. The van der Waals surface area contributed by atoms with Crippen molar-refractivity contribution in [2.75, 3.05) is 12.3 Å². The molecule has 3 N–H and O–H groups in total. The first-order valence-electron chi connectivity index (χ1n) is 4.63. The zero-order valence-corrected chi connectivity index (χ0v) is 8.54. The quantitative estimate of drug-likeness (QED) is 0.703. The molecule has 0 bridgehead atoms. The van der Waals surface area contributed by atoms with Crippen molar-refractivity contribution in [3.63, 3.8) is 0 Å². The first-order valence-corrected chi connectivity index (χ1v) is 4.63. The number of hydrogen-bond acceptors (Lipinski definition) is 6. The molecule has 0 unspecified atom stereocenters. The van der Waals surface area contributed by atoms with E-state index in [1.807, 2.05) is 0 Å². The molecule has 0 aromatic carbocycles. The number of carbonyl (C=O) groups excluding carboxylic acids is 1. The molecule has 16 heavy (non-hydrogen) atoms. The number of anilines is 1. The molecule has 0 spiro atoms. The van der Waals surface area contributed by atoms with Gasteiger partial charge in [-0.1, -0.05) is 0 Å². The van der Waals surface area contributed by atoms with E-state index in [4.69, 9.17) is 10.5 Å². The maximum Gasteiger partial charge on any atom is 0.339 e. The largest absolute Gasteiger partial charge is 0.492 e. The summed E-state index contributed by atoms with van der Waals surface area (Å²) >= 11 is 0. The Balaban J connectivity index is 2.51. The van der Waals surface area contributed by atoms with E-state index in [-0.39, 0.29) is 24.0 Å². The summed E-state index contributed by atoms with van der Waals surface area (Å²) in [6.45, 7) is 1.99. The van der Waals surface area contributed by atoms with Gasteiger partial charge < -0.3 is 15.6 Å². The second-order valence-corrected chi connectivity index (χ2v) is 3.07. The van der Waals surface area contributed by atoms with Gasteiger partial charge in [0, 0.05) is 6.20 Å². The molecular formula is C9H10N4O3. The third-order valence-corrected chi connectivity index (χ3v) is 1.97. The van der Waals surface area contributed by atoms with E-state index in [0.29, 0.717) is 5.52 Å². The first kappa shape index (κ1) is 10.2. The number of hydrogen-bond donors (Lipinski definition) is 2. The van der Waals surface area contributed by atoms with Crippen molar-refractivity contribution in [2.24, 2.45) is 0 Å².